The van der Waals surface area contributed by atoms with E-state index in [1.807, 2.05) is 0 Å². The van der Waals surface area contributed by atoms with E-state index in [9.17, 15) is 43.5 Å². The van der Waals surface area contributed by atoms with Gasteiger partial charge in [-0.05, 0) is 167 Å². The quantitative estimate of drug-likeness (QED) is 0.0146. The van der Waals surface area contributed by atoms with Gasteiger partial charge in [0.25, 0.3) is 0 Å². The molecule has 0 aromatic carbocycles. The Morgan fingerprint density at radius 2 is 0.476 bits per heavy atom. The van der Waals surface area contributed by atoms with Gasteiger partial charge in [-0.2, -0.15) is 0 Å². The molecule has 592 valence electrons. The number of unbranched alkanes of at least 4 members (excludes halogenated alkanes) is 15. The van der Waals surface area contributed by atoms with Gasteiger partial charge in [-0.3, -0.25) is 32.5 Å². The lowest BCUT2D eigenvalue weighted by Gasteiger charge is -2.21. The van der Waals surface area contributed by atoms with Crippen LogP contribution in [0.4, 0.5) is 0 Å². The van der Waals surface area contributed by atoms with Gasteiger partial charge in [-0.25, -0.2) is 9.13 Å². The third-order valence-electron chi connectivity index (χ3n) is 15.5. The van der Waals surface area contributed by atoms with Crippen LogP contribution in [0.3, 0.4) is 0 Å². The lowest BCUT2D eigenvalue weighted by Crippen LogP contribution is -2.30. The van der Waals surface area contributed by atoms with Crippen molar-refractivity contribution in [2.75, 3.05) is 39.6 Å². The smallest absolute Gasteiger partial charge is 0.463 e. The number of carbonyl (C=O) groups is 3. The van der Waals surface area contributed by atoms with Crippen molar-refractivity contribution in [3.05, 3.63) is 207 Å². The average Bonchev–Trinajstić information content (AvgIpc) is 0.963. The summed E-state index contributed by atoms with van der Waals surface area (Å²) in [5.74, 6) is -1.66. The number of hydrogen-bond acceptors (Lipinski definition) is 14. The summed E-state index contributed by atoms with van der Waals surface area (Å²) in [6, 6.07) is 0. The fraction of sp³-hybridized carbons (Fsp3) is 0.575. The van der Waals surface area contributed by atoms with Crippen LogP contribution >= 0.6 is 15.6 Å². The molecule has 16 nitrogen and oxygen atoms in total. The van der Waals surface area contributed by atoms with Crippen molar-refractivity contribution in [3.63, 3.8) is 0 Å². The van der Waals surface area contributed by atoms with Crippen molar-refractivity contribution in [1.82, 2.24) is 0 Å². The first-order chi connectivity index (χ1) is 51.2. The number of phosphoric ester groups is 2. The molecule has 0 aliphatic heterocycles. The highest BCUT2D eigenvalue weighted by molar-refractivity contribution is 7.47. The second kappa shape index (κ2) is 77.7. The predicted molar refractivity (Wildman–Crippen MR) is 435 cm³/mol. The molecule has 105 heavy (non-hydrogen) atoms. The highest BCUT2D eigenvalue weighted by Gasteiger charge is 2.29. The molecule has 5 unspecified atom stereocenters. The van der Waals surface area contributed by atoms with E-state index in [4.69, 9.17) is 32.3 Å². The summed E-state index contributed by atoms with van der Waals surface area (Å²) in [7, 11) is -9.83. The van der Waals surface area contributed by atoms with Gasteiger partial charge < -0.3 is 34.2 Å². The third kappa shape index (κ3) is 79.0. The molecule has 0 aromatic rings. The molecule has 18 heteroatoms. The topological polar surface area (TPSA) is 231 Å². The number of hydrogen-bond donors (Lipinski definition) is 4. The van der Waals surface area contributed by atoms with Gasteiger partial charge in [0.15, 0.2) is 6.10 Å². The van der Waals surface area contributed by atoms with E-state index >= 15 is 0 Å². The van der Waals surface area contributed by atoms with E-state index in [-0.39, 0.29) is 19.3 Å². The zero-order valence-corrected chi connectivity index (χ0v) is 66.3. The van der Waals surface area contributed by atoms with Crippen LogP contribution in [0.15, 0.2) is 207 Å². The van der Waals surface area contributed by atoms with Crippen molar-refractivity contribution in [2.24, 2.45) is 0 Å². The fourth-order valence-corrected chi connectivity index (χ4v) is 11.2. The van der Waals surface area contributed by atoms with Crippen LogP contribution < -0.4 is 0 Å². The Balaban J connectivity index is 4.78. The highest BCUT2D eigenvalue weighted by Crippen LogP contribution is 2.45. The molecule has 0 aliphatic carbocycles. The molecule has 0 heterocycles. The standard InChI is InChI=1S/C87H138O16P2/c1-4-7-10-13-16-19-22-25-28-31-34-37-39-40-42-45-46-49-52-55-58-61-64-67-70-73-85(90)97-76-82(88)77-99-104(93,94)100-78-83(89)79-101-105(95,96)102-81-84(103-87(92)75-72-69-66-63-60-57-54-51-48-43-36-33-30-27-24-21-18-15-12-9-6-3)80-98-86(91)74-71-68-65-62-59-56-53-50-47-44-41-38-35-32-29-26-23-20-17-14-11-8-5-2/h7-12,16-21,25-30,34-38,40,42-44,46-47,49,51,53-54,56,82-84,88-89H,4-6,13-15,22-24,31-33,39,41,45,48,50,52,55,57-81H2,1-3H3,(H,93,94)(H,95,96)/b10-7-,11-8-,12-9-,19-16-,20-17-,21-18-,28-25-,29-26-,30-27-,37-34-,38-35-,42-40-,43-36-,47-44-,49-46-,54-51-,56-53-. The Bertz CT molecular complexity index is 2740. The Morgan fingerprint density at radius 1 is 0.267 bits per heavy atom. The normalized spacial score (nSPS) is 15.1. The highest BCUT2D eigenvalue weighted by atomic mass is 31.2. The van der Waals surface area contributed by atoms with Crippen molar-refractivity contribution in [1.29, 1.82) is 0 Å². The van der Waals surface area contributed by atoms with Crippen molar-refractivity contribution < 1.29 is 75.8 Å². The van der Waals surface area contributed by atoms with Crippen LogP contribution in [0, 0.1) is 0 Å². The summed E-state index contributed by atoms with van der Waals surface area (Å²) in [6.45, 7) is 2.24. The lowest BCUT2D eigenvalue weighted by atomic mass is 10.1. The third-order valence-corrected chi connectivity index (χ3v) is 17.4. The van der Waals surface area contributed by atoms with Crippen molar-refractivity contribution >= 4 is 33.6 Å². The Morgan fingerprint density at radius 3 is 0.752 bits per heavy atom. The number of aliphatic hydroxyl groups is 2. The molecule has 4 N–H and O–H groups in total. The van der Waals surface area contributed by atoms with E-state index < -0.39 is 91.5 Å². The van der Waals surface area contributed by atoms with Crippen molar-refractivity contribution in [2.45, 2.75) is 283 Å². The van der Waals surface area contributed by atoms with Gasteiger partial charge in [0.05, 0.1) is 26.4 Å². The first-order valence-corrected chi connectivity index (χ1v) is 42.4. The van der Waals surface area contributed by atoms with E-state index in [0.717, 1.165) is 205 Å². The first-order valence-electron chi connectivity index (χ1n) is 39.4. The summed E-state index contributed by atoms with van der Waals surface area (Å²) in [5, 5.41) is 20.6. The number of ether oxygens (including phenoxy) is 3. The largest absolute Gasteiger partial charge is 0.472 e. The minimum absolute atomic E-state index is 0.0664. The minimum atomic E-state index is -4.96. The minimum Gasteiger partial charge on any atom is -0.463 e. The molecule has 0 bridgehead atoms. The van der Waals surface area contributed by atoms with Crippen LogP contribution in [-0.2, 0) is 55.8 Å². The molecule has 0 saturated carbocycles. The average molecular weight is 1500 g/mol. The fourth-order valence-electron chi connectivity index (χ4n) is 9.60. The summed E-state index contributed by atoms with van der Waals surface area (Å²) >= 11 is 0. The zero-order valence-electron chi connectivity index (χ0n) is 64.6. The second-order valence-electron chi connectivity index (χ2n) is 25.4. The lowest BCUT2D eigenvalue weighted by molar-refractivity contribution is -0.161. The van der Waals surface area contributed by atoms with Crippen LogP contribution in [0.2, 0.25) is 0 Å². The molecule has 0 rings (SSSR count). The van der Waals surface area contributed by atoms with Gasteiger partial charge in [-0.1, -0.05) is 285 Å². The molecular weight excluding hydrogens is 1360 g/mol. The van der Waals surface area contributed by atoms with Crippen LogP contribution in [0.25, 0.3) is 0 Å². The summed E-state index contributed by atoms with van der Waals surface area (Å²) in [4.78, 5) is 58.7. The number of phosphoric acid groups is 2. The Labute approximate surface area is 635 Å². The first kappa shape index (κ1) is 99.1. The van der Waals surface area contributed by atoms with E-state index in [1.54, 1.807) is 0 Å². The Kier molecular flexibility index (Phi) is 73.4. The summed E-state index contributed by atoms with van der Waals surface area (Å²) in [5.41, 5.74) is 0. The maximum absolute atomic E-state index is 13.0. The van der Waals surface area contributed by atoms with Gasteiger partial charge in [-0.15, -0.1) is 0 Å². The molecular formula is C87H138O16P2. The molecule has 0 aromatic heterocycles. The van der Waals surface area contributed by atoms with E-state index in [1.165, 1.54) is 0 Å². The number of esters is 3. The Hall–Kier alpha value is -5.87. The van der Waals surface area contributed by atoms with Crippen LogP contribution in [0.5, 0.6) is 0 Å². The molecule has 0 fully saturated rings. The number of rotatable bonds is 72. The van der Waals surface area contributed by atoms with Crippen LogP contribution in [0.1, 0.15) is 265 Å². The maximum Gasteiger partial charge on any atom is 0.472 e. The zero-order chi connectivity index (χ0) is 76.6. The van der Waals surface area contributed by atoms with E-state index in [2.05, 4.69) is 227 Å². The molecule has 0 amide bonds. The number of allylic oxidation sites excluding steroid dienone is 34. The van der Waals surface area contributed by atoms with Gasteiger partial charge in [0.2, 0.25) is 0 Å². The molecule has 0 saturated heterocycles. The summed E-state index contributed by atoms with van der Waals surface area (Å²) < 4.78 is 61.2. The monoisotopic (exact) mass is 1500 g/mol. The number of aliphatic hydroxyl groups excluding tert-OH is 2. The number of carbonyl (C=O) groups excluding carboxylic acids is 3. The predicted octanol–water partition coefficient (Wildman–Crippen LogP) is 23.3. The second-order valence-corrected chi connectivity index (χ2v) is 28.3. The molecule has 0 radical (unpaired) electrons. The molecule has 0 aliphatic rings. The maximum atomic E-state index is 13.0. The van der Waals surface area contributed by atoms with Gasteiger partial charge in [0.1, 0.15) is 25.4 Å². The molecule has 5 atom stereocenters. The van der Waals surface area contributed by atoms with Crippen molar-refractivity contribution in [3.8, 4) is 0 Å². The summed E-state index contributed by atoms with van der Waals surface area (Å²) in [6.07, 6.45) is 103. The van der Waals surface area contributed by atoms with Gasteiger partial charge in [0, 0.05) is 19.3 Å². The van der Waals surface area contributed by atoms with Crippen LogP contribution in [-0.4, -0.2) is 95.9 Å². The van der Waals surface area contributed by atoms with Gasteiger partial charge >= 0.3 is 33.6 Å². The molecule has 0 spiro atoms. The SMILES string of the molecule is CC/C=C\C/C=C\C/C=C\C/C=C\C/C=C\C/C=C\CCCCCCCCC(=O)OCC(O)COP(=O)(O)OCC(O)COP(=O)(O)OCC(COC(=O)CCCCCC/C=C\C/C=C\C/C=C\C/C=C\C/C=C\C/C=C\CC)OC(=O)CCCCCCC/C=C\C/C=C\C/C=C\C/C=C\C/C=C\CC. The van der Waals surface area contributed by atoms with E-state index in [0.29, 0.717) is 19.3 Å².